The molecule has 0 aliphatic carbocycles. The van der Waals surface area contributed by atoms with Gasteiger partial charge in [0.05, 0.1) is 6.04 Å². The highest BCUT2D eigenvalue weighted by molar-refractivity contribution is 7.99. The third-order valence-corrected chi connectivity index (χ3v) is 6.06. The van der Waals surface area contributed by atoms with Gasteiger partial charge < -0.3 is 15.9 Å². The monoisotopic (exact) mass is 388 g/mol. The molecule has 26 heavy (non-hydrogen) atoms. The number of Topliss-reactive ketones (excluding diaryl/α,β-unsaturated/α-hetero) is 1. The van der Waals surface area contributed by atoms with E-state index >= 15 is 0 Å². The Morgan fingerprint density at radius 2 is 1.85 bits per heavy atom. The van der Waals surface area contributed by atoms with Crippen LogP contribution in [0.2, 0.25) is 0 Å². The van der Waals surface area contributed by atoms with Crippen molar-refractivity contribution in [3.63, 3.8) is 0 Å². The van der Waals surface area contributed by atoms with Crippen molar-refractivity contribution in [1.82, 2.24) is 4.90 Å². The molecule has 1 saturated heterocycles. The van der Waals surface area contributed by atoms with Gasteiger partial charge in [0.15, 0.2) is 11.3 Å². The number of carboxylic acid groups (broad SMARTS) is 2. The van der Waals surface area contributed by atoms with Crippen LogP contribution in [0.4, 0.5) is 0 Å². The number of likely N-dealkylation sites (tertiary alicyclic amines) is 1. The maximum Gasteiger partial charge on any atom is 0.332 e. The van der Waals surface area contributed by atoms with E-state index in [0.717, 1.165) is 18.6 Å². The van der Waals surface area contributed by atoms with E-state index in [4.69, 9.17) is 5.73 Å². The lowest BCUT2D eigenvalue weighted by Crippen LogP contribution is -2.64. The van der Waals surface area contributed by atoms with Crippen LogP contribution in [0.3, 0.4) is 0 Å². The van der Waals surface area contributed by atoms with E-state index in [1.165, 1.54) is 42.8 Å². The standard InChI is InChI=1S/C18H32N2O5S/c1-3-4-5-6-7-11-26-12-14(16(22)23)20-10-8-9-18(20,17(24)25)15(21)13(2)19/h13-14H,3-12,19H2,1-2H3,(H,22,23)(H,24,25)/t13?,14-,18?/m0/s1. The number of unbranched alkanes of at least 4 members (excludes halogenated alkanes) is 4. The Kier molecular flexibility index (Phi) is 9.60. The van der Waals surface area contributed by atoms with Gasteiger partial charge in [-0.05, 0) is 31.9 Å². The first-order chi connectivity index (χ1) is 12.3. The second-order valence-electron chi connectivity index (χ2n) is 6.96. The summed E-state index contributed by atoms with van der Waals surface area (Å²) in [5.41, 5.74) is 3.84. The van der Waals surface area contributed by atoms with E-state index in [0.29, 0.717) is 6.42 Å². The minimum absolute atomic E-state index is 0.105. The van der Waals surface area contributed by atoms with Crippen molar-refractivity contribution in [2.24, 2.45) is 5.73 Å². The summed E-state index contributed by atoms with van der Waals surface area (Å²) in [6, 6.07) is -1.95. The molecule has 0 bridgehead atoms. The van der Waals surface area contributed by atoms with Crippen LogP contribution in [-0.2, 0) is 14.4 Å². The van der Waals surface area contributed by atoms with E-state index in [1.54, 1.807) is 0 Å². The molecule has 1 aliphatic rings. The summed E-state index contributed by atoms with van der Waals surface area (Å²) in [7, 11) is 0. The Balaban J connectivity index is 2.79. The average Bonchev–Trinajstić information content (AvgIpc) is 3.01. The molecule has 3 atom stereocenters. The lowest BCUT2D eigenvalue weighted by Gasteiger charge is -2.37. The first-order valence-electron chi connectivity index (χ1n) is 9.39. The molecule has 1 aliphatic heterocycles. The minimum atomic E-state index is -1.82. The van der Waals surface area contributed by atoms with Gasteiger partial charge in [0.25, 0.3) is 0 Å². The first-order valence-corrected chi connectivity index (χ1v) is 10.5. The third-order valence-electron chi connectivity index (χ3n) is 4.93. The zero-order valence-corrected chi connectivity index (χ0v) is 16.6. The molecule has 0 amide bonds. The van der Waals surface area contributed by atoms with Gasteiger partial charge in [0, 0.05) is 12.3 Å². The molecule has 0 aromatic rings. The Bertz CT molecular complexity index is 500. The molecule has 1 heterocycles. The van der Waals surface area contributed by atoms with Crippen LogP contribution in [0, 0.1) is 0 Å². The number of aliphatic carboxylic acids is 2. The fraction of sp³-hybridized carbons (Fsp3) is 0.833. The molecular formula is C18H32N2O5S. The van der Waals surface area contributed by atoms with Gasteiger partial charge in [0.2, 0.25) is 0 Å². The minimum Gasteiger partial charge on any atom is -0.480 e. The lowest BCUT2D eigenvalue weighted by molar-refractivity contribution is -0.160. The van der Waals surface area contributed by atoms with E-state index in [2.05, 4.69) is 6.92 Å². The van der Waals surface area contributed by atoms with E-state index < -0.39 is 35.3 Å². The van der Waals surface area contributed by atoms with Crippen molar-refractivity contribution in [1.29, 1.82) is 0 Å². The number of rotatable bonds is 13. The Hall–Kier alpha value is -1.12. The Labute approximate surface area is 159 Å². The molecule has 0 aromatic carbocycles. The van der Waals surface area contributed by atoms with Gasteiger partial charge in [-0.25, -0.2) is 4.79 Å². The summed E-state index contributed by atoms with van der Waals surface area (Å²) in [6.07, 6.45) is 6.26. The summed E-state index contributed by atoms with van der Waals surface area (Å²) in [4.78, 5) is 37.7. The summed E-state index contributed by atoms with van der Waals surface area (Å²) in [5, 5.41) is 19.4. The topological polar surface area (TPSA) is 121 Å². The second kappa shape index (κ2) is 10.9. The van der Waals surface area contributed by atoms with Crippen molar-refractivity contribution in [2.75, 3.05) is 18.1 Å². The lowest BCUT2D eigenvalue weighted by atomic mass is 9.86. The number of hydrogen-bond donors (Lipinski definition) is 3. The van der Waals surface area contributed by atoms with E-state index in [9.17, 15) is 24.6 Å². The largest absolute Gasteiger partial charge is 0.480 e. The predicted molar refractivity (Wildman–Crippen MR) is 102 cm³/mol. The van der Waals surface area contributed by atoms with Crippen molar-refractivity contribution < 1.29 is 24.6 Å². The number of carbonyl (C=O) groups is 3. The number of carbonyl (C=O) groups excluding carboxylic acids is 1. The van der Waals surface area contributed by atoms with Crippen LogP contribution in [0.1, 0.15) is 58.8 Å². The van der Waals surface area contributed by atoms with Crippen LogP contribution >= 0.6 is 11.8 Å². The predicted octanol–water partition coefficient (Wildman–Crippen LogP) is 1.98. The summed E-state index contributed by atoms with van der Waals surface area (Å²) in [5.74, 6) is -1.90. The van der Waals surface area contributed by atoms with Gasteiger partial charge >= 0.3 is 11.9 Å². The van der Waals surface area contributed by atoms with Crippen molar-refractivity contribution in [3.8, 4) is 0 Å². The molecule has 2 unspecified atom stereocenters. The molecule has 0 spiro atoms. The Morgan fingerprint density at radius 1 is 1.19 bits per heavy atom. The van der Waals surface area contributed by atoms with Gasteiger partial charge in [0.1, 0.15) is 6.04 Å². The molecule has 8 heteroatoms. The highest BCUT2D eigenvalue weighted by atomic mass is 32.2. The normalized spacial score (nSPS) is 22.9. The van der Waals surface area contributed by atoms with Gasteiger partial charge in [-0.3, -0.25) is 14.5 Å². The highest BCUT2D eigenvalue weighted by Crippen LogP contribution is 2.34. The number of thioether (sulfide) groups is 1. The molecule has 0 saturated carbocycles. The number of nitrogens with two attached hydrogens (primary N) is 1. The van der Waals surface area contributed by atoms with Crippen LogP contribution in [-0.4, -0.2) is 68.5 Å². The van der Waals surface area contributed by atoms with E-state index in [-0.39, 0.29) is 18.7 Å². The smallest absolute Gasteiger partial charge is 0.332 e. The maximum absolute atomic E-state index is 12.6. The quantitative estimate of drug-likeness (QED) is 0.323. The second-order valence-corrected chi connectivity index (χ2v) is 8.11. The number of nitrogens with zero attached hydrogens (tertiary/aromatic N) is 1. The molecule has 0 radical (unpaired) electrons. The van der Waals surface area contributed by atoms with Crippen molar-refractivity contribution in [3.05, 3.63) is 0 Å². The molecule has 150 valence electrons. The molecular weight excluding hydrogens is 356 g/mol. The fourth-order valence-electron chi connectivity index (χ4n) is 3.54. The average molecular weight is 389 g/mol. The SMILES string of the molecule is CCCCCCCSC[C@@H](C(=O)O)N1CCCC1(C(=O)O)C(=O)C(C)N. The maximum atomic E-state index is 12.6. The molecule has 1 rings (SSSR count). The summed E-state index contributed by atoms with van der Waals surface area (Å²) >= 11 is 1.51. The van der Waals surface area contributed by atoms with Gasteiger partial charge in [-0.15, -0.1) is 0 Å². The zero-order chi connectivity index (χ0) is 19.7. The van der Waals surface area contributed by atoms with Crippen LogP contribution in [0.5, 0.6) is 0 Å². The number of ketones is 1. The van der Waals surface area contributed by atoms with Crippen molar-refractivity contribution >= 4 is 29.5 Å². The van der Waals surface area contributed by atoms with Crippen LogP contribution in [0.15, 0.2) is 0 Å². The summed E-state index contributed by atoms with van der Waals surface area (Å²) < 4.78 is 0. The molecule has 0 aromatic heterocycles. The molecule has 7 nitrogen and oxygen atoms in total. The first kappa shape index (κ1) is 22.9. The van der Waals surface area contributed by atoms with E-state index in [1.807, 2.05) is 0 Å². The zero-order valence-electron chi connectivity index (χ0n) is 15.8. The van der Waals surface area contributed by atoms with Crippen LogP contribution in [0.25, 0.3) is 0 Å². The Morgan fingerprint density at radius 3 is 2.38 bits per heavy atom. The molecule has 4 N–H and O–H groups in total. The highest BCUT2D eigenvalue weighted by Gasteiger charge is 2.57. The van der Waals surface area contributed by atoms with Gasteiger partial charge in [-0.1, -0.05) is 32.6 Å². The summed E-state index contributed by atoms with van der Waals surface area (Å²) in [6.45, 7) is 3.88. The third kappa shape index (κ3) is 5.44. The molecule has 1 fully saturated rings. The van der Waals surface area contributed by atoms with Gasteiger partial charge in [-0.2, -0.15) is 11.8 Å². The fourth-order valence-corrected chi connectivity index (χ4v) is 4.66. The van der Waals surface area contributed by atoms with Crippen molar-refractivity contribution in [2.45, 2.75) is 76.4 Å². The van der Waals surface area contributed by atoms with Crippen LogP contribution < -0.4 is 5.73 Å². The number of carboxylic acids is 2. The number of hydrogen-bond acceptors (Lipinski definition) is 6.